The van der Waals surface area contributed by atoms with Crippen LogP contribution in [0.5, 0.6) is 0 Å². The molecule has 0 atom stereocenters. The smallest absolute Gasteiger partial charge is 0.226 e. The first kappa shape index (κ1) is 17.7. The van der Waals surface area contributed by atoms with Crippen molar-refractivity contribution < 1.29 is 9.53 Å². The van der Waals surface area contributed by atoms with Crippen LogP contribution in [-0.2, 0) is 9.53 Å². The van der Waals surface area contributed by atoms with Gasteiger partial charge in [-0.25, -0.2) is 9.97 Å². The lowest BCUT2D eigenvalue weighted by Gasteiger charge is -2.53. The fourth-order valence-electron chi connectivity index (χ4n) is 4.59. The molecule has 2 saturated heterocycles. The number of rotatable bonds is 8. The SMILES string of the molecule is CCCC1(C(=O)NCC23CCC(CNc4ncccn4)(CC2)OC3)CC1. The third kappa shape index (κ3) is 3.43. The summed E-state index contributed by atoms with van der Waals surface area (Å²) in [7, 11) is 0. The van der Waals surface area contributed by atoms with Gasteiger partial charge in [0.15, 0.2) is 0 Å². The van der Waals surface area contributed by atoms with Crippen molar-refractivity contribution in [3.8, 4) is 0 Å². The van der Waals surface area contributed by atoms with Gasteiger partial charge in [0.2, 0.25) is 11.9 Å². The summed E-state index contributed by atoms with van der Waals surface area (Å²) in [6, 6.07) is 1.82. The number of carbonyl (C=O) groups is 1. The minimum Gasteiger partial charge on any atom is -0.373 e. The molecule has 6 heteroatoms. The maximum absolute atomic E-state index is 12.6. The Balaban J connectivity index is 1.28. The van der Waals surface area contributed by atoms with Crippen molar-refractivity contribution in [2.45, 2.75) is 63.9 Å². The highest BCUT2D eigenvalue weighted by Gasteiger charge is 2.52. The second-order valence-electron chi connectivity index (χ2n) is 8.61. The van der Waals surface area contributed by atoms with Crippen LogP contribution < -0.4 is 10.6 Å². The molecule has 2 bridgehead atoms. The fraction of sp³-hybridized carbons (Fsp3) is 0.750. The Bertz CT molecular complexity index is 620. The van der Waals surface area contributed by atoms with Gasteiger partial charge in [0, 0.05) is 36.3 Å². The van der Waals surface area contributed by atoms with Gasteiger partial charge in [-0.15, -0.1) is 0 Å². The molecule has 1 amide bonds. The van der Waals surface area contributed by atoms with E-state index in [4.69, 9.17) is 4.74 Å². The quantitative estimate of drug-likeness (QED) is 0.747. The zero-order valence-corrected chi connectivity index (χ0v) is 15.7. The van der Waals surface area contributed by atoms with E-state index in [-0.39, 0.29) is 22.3 Å². The lowest BCUT2D eigenvalue weighted by molar-refractivity contribution is -0.175. The van der Waals surface area contributed by atoms with Crippen LogP contribution in [0.3, 0.4) is 0 Å². The Kier molecular flexibility index (Phi) is 4.63. The number of nitrogens with one attached hydrogen (secondary N) is 2. The van der Waals surface area contributed by atoms with Crippen molar-refractivity contribution in [2.24, 2.45) is 10.8 Å². The van der Waals surface area contributed by atoms with E-state index in [0.29, 0.717) is 5.95 Å². The van der Waals surface area contributed by atoms with Gasteiger partial charge in [0.25, 0.3) is 0 Å². The molecule has 1 aromatic rings. The highest BCUT2D eigenvalue weighted by molar-refractivity contribution is 5.85. The number of fused-ring (bicyclic) bond motifs is 3. The summed E-state index contributed by atoms with van der Waals surface area (Å²) in [5.41, 5.74) is -0.0211. The molecule has 142 valence electrons. The highest BCUT2D eigenvalue weighted by Crippen LogP contribution is 2.51. The monoisotopic (exact) mass is 358 g/mol. The molecule has 4 aliphatic rings. The van der Waals surface area contributed by atoms with Gasteiger partial charge in [-0.2, -0.15) is 0 Å². The predicted molar refractivity (Wildman–Crippen MR) is 99.7 cm³/mol. The van der Waals surface area contributed by atoms with Crippen LogP contribution in [0.2, 0.25) is 0 Å². The average molecular weight is 358 g/mol. The Morgan fingerprint density at radius 3 is 2.42 bits per heavy atom. The summed E-state index contributed by atoms with van der Waals surface area (Å²) >= 11 is 0. The topological polar surface area (TPSA) is 76.1 Å². The summed E-state index contributed by atoms with van der Waals surface area (Å²) in [6.45, 7) is 4.42. The third-order valence-electron chi connectivity index (χ3n) is 6.73. The van der Waals surface area contributed by atoms with Gasteiger partial charge in [-0.1, -0.05) is 13.3 Å². The lowest BCUT2D eigenvalue weighted by atomic mass is 9.66. The van der Waals surface area contributed by atoms with Crippen molar-refractivity contribution in [1.29, 1.82) is 0 Å². The van der Waals surface area contributed by atoms with Gasteiger partial charge in [0.05, 0.1) is 12.2 Å². The standard InChI is InChI=1S/C20H30N4O2/c1-2-4-19(7-8-19)16(25)23-13-18-5-9-20(10-6-18,26-15-18)14-24-17-21-11-3-12-22-17/h3,11-12H,2,4-10,13-15H2,1H3,(H,23,25)(H,21,22,24). The molecule has 0 aromatic carbocycles. The summed E-state index contributed by atoms with van der Waals surface area (Å²) in [6.07, 6.45) is 12.0. The normalized spacial score (nSPS) is 31.4. The van der Waals surface area contributed by atoms with Crippen molar-refractivity contribution in [2.75, 3.05) is 25.0 Å². The first-order chi connectivity index (χ1) is 12.6. The van der Waals surface area contributed by atoms with Crippen LogP contribution in [0.15, 0.2) is 18.5 Å². The van der Waals surface area contributed by atoms with Crippen LogP contribution in [0.1, 0.15) is 58.3 Å². The number of amides is 1. The molecule has 3 heterocycles. The first-order valence-corrected chi connectivity index (χ1v) is 10.0. The van der Waals surface area contributed by atoms with Crippen molar-refractivity contribution in [3.63, 3.8) is 0 Å². The first-order valence-electron chi connectivity index (χ1n) is 10.0. The molecule has 0 spiro atoms. The molecule has 2 N–H and O–H groups in total. The largest absolute Gasteiger partial charge is 0.373 e. The molecule has 1 aromatic heterocycles. The zero-order valence-electron chi connectivity index (χ0n) is 15.7. The van der Waals surface area contributed by atoms with Gasteiger partial charge < -0.3 is 15.4 Å². The molecular weight excluding hydrogens is 328 g/mol. The minimum absolute atomic E-state index is 0.0427. The number of ether oxygens (including phenoxy) is 1. The van der Waals surface area contributed by atoms with Crippen LogP contribution in [0.4, 0.5) is 5.95 Å². The zero-order chi connectivity index (χ0) is 18.1. The van der Waals surface area contributed by atoms with Crippen molar-refractivity contribution in [3.05, 3.63) is 18.5 Å². The molecule has 5 rings (SSSR count). The molecule has 2 saturated carbocycles. The number of hydrogen-bond donors (Lipinski definition) is 2. The second-order valence-corrected chi connectivity index (χ2v) is 8.61. The van der Waals surface area contributed by atoms with Crippen molar-refractivity contribution in [1.82, 2.24) is 15.3 Å². The van der Waals surface area contributed by atoms with Crippen LogP contribution >= 0.6 is 0 Å². The van der Waals surface area contributed by atoms with Crippen molar-refractivity contribution >= 4 is 11.9 Å². The van der Waals surface area contributed by atoms with E-state index < -0.39 is 0 Å². The molecule has 2 aliphatic carbocycles. The van der Waals surface area contributed by atoms with Gasteiger partial charge in [0.1, 0.15) is 0 Å². The number of nitrogens with zero attached hydrogens (tertiary/aromatic N) is 2. The molecule has 0 unspecified atom stereocenters. The second kappa shape index (κ2) is 6.80. The third-order valence-corrected chi connectivity index (χ3v) is 6.73. The molecule has 0 radical (unpaired) electrons. The number of anilines is 1. The van der Waals surface area contributed by atoms with E-state index in [1.165, 1.54) is 0 Å². The van der Waals surface area contributed by atoms with E-state index in [9.17, 15) is 4.79 Å². The van der Waals surface area contributed by atoms with E-state index in [2.05, 4.69) is 27.5 Å². The number of aromatic nitrogens is 2. The number of hydrogen-bond acceptors (Lipinski definition) is 5. The van der Waals surface area contributed by atoms with E-state index in [0.717, 1.165) is 71.1 Å². The Hall–Kier alpha value is -1.69. The predicted octanol–water partition coefficient (Wildman–Crippen LogP) is 2.91. The molecule has 4 fully saturated rings. The summed E-state index contributed by atoms with van der Waals surface area (Å²) in [5, 5.41) is 6.59. The van der Waals surface area contributed by atoms with Crippen LogP contribution in [0.25, 0.3) is 0 Å². The highest BCUT2D eigenvalue weighted by atomic mass is 16.5. The number of carbonyl (C=O) groups excluding carboxylic acids is 1. The fourth-order valence-corrected chi connectivity index (χ4v) is 4.59. The Labute approximate surface area is 155 Å². The maximum atomic E-state index is 12.6. The lowest BCUT2D eigenvalue weighted by Crippen LogP contribution is -2.57. The van der Waals surface area contributed by atoms with E-state index >= 15 is 0 Å². The van der Waals surface area contributed by atoms with E-state index in [1.54, 1.807) is 12.4 Å². The van der Waals surface area contributed by atoms with E-state index in [1.807, 2.05) is 6.07 Å². The Morgan fingerprint density at radius 2 is 1.85 bits per heavy atom. The molecule has 6 nitrogen and oxygen atoms in total. The summed E-state index contributed by atoms with van der Waals surface area (Å²) in [5.74, 6) is 0.935. The maximum Gasteiger partial charge on any atom is 0.226 e. The van der Waals surface area contributed by atoms with Gasteiger partial charge in [-0.3, -0.25) is 4.79 Å². The minimum atomic E-state index is -0.106. The van der Waals surface area contributed by atoms with Gasteiger partial charge in [-0.05, 0) is 51.0 Å². The molecule has 26 heavy (non-hydrogen) atoms. The average Bonchev–Trinajstić information content (AvgIpc) is 3.48. The van der Waals surface area contributed by atoms with Crippen LogP contribution in [-0.4, -0.2) is 41.2 Å². The Morgan fingerprint density at radius 1 is 1.12 bits per heavy atom. The summed E-state index contributed by atoms with van der Waals surface area (Å²) < 4.78 is 6.30. The summed E-state index contributed by atoms with van der Waals surface area (Å²) in [4.78, 5) is 21.0. The molecular formula is C20H30N4O2. The van der Waals surface area contributed by atoms with Crippen LogP contribution in [0, 0.1) is 10.8 Å². The van der Waals surface area contributed by atoms with Gasteiger partial charge >= 0.3 is 0 Å². The molecule has 2 aliphatic heterocycles.